The molecule has 0 aromatic carbocycles. The van der Waals surface area contributed by atoms with Crippen molar-refractivity contribution in [2.75, 3.05) is 0 Å². The Morgan fingerprint density at radius 1 is 1.55 bits per heavy atom. The van der Waals surface area contributed by atoms with Crippen molar-refractivity contribution in [3.63, 3.8) is 0 Å². The molecule has 64 valence electrons. The molecule has 1 aliphatic rings. The van der Waals surface area contributed by atoms with Gasteiger partial charge in [0.1, 0.15) is 0 Å². The molecule has 1 nitrogen and oxygen atoms in total. The van der Waals surface area contributed by atoms with Crippen LogP contribution in [0.3, 0.4) is 0 Å². The predicted molar refractivity (Wildman–Crippen MR) is 50.2 cm³/mol. The highest BCUT2D eigenvalue weighted by Gasteiger charge is 2.13. The topological polar surface area (TPSA) is 12.4 Å². The van der Waals surface area contributed by atoms with Crippen LogP contribution in [-0.2, 0) is 0 Å². The van der Waals surface area contributed by atoms with E-state index >= 15 is 0 Å². The lowest BCUT2D eigenvalue weighted by molar-refractivity contribution is 0.456. The van der Waals surface area contributed by atoms with Crippen LogP contribution in [0.25, 0.3) is 0 Å². The molecule has 0 radical (unpaired) electrons. The van der Waals surface area contributed by atoms with Crippen molar-refractivity contribution in [3.05, 3.63) is 0 Å². The second-order valence-electron chi connectivity index (χ2n) is 4.04. The summed E-state index contributed by atoms with van der Waals surface area (Å²) in [5, 5.41) is 0. The molecule has 1 unspecified atom stereocenters. The van der Waals surface area contributed by atoms with Crippen molar-refractivity contribution >= 4 is 5.71 Å². The van der Waals surface area contributed by atoms with Gasteiger partial charge in [0, 0.05) is 5.71 Å². The first kappa shape index (κ1) is 8.76. The van der Waals surface area contributed by atoms with E-state index in [1.54, 1.807) is 0 Å². The van der Waals surface area contributed by atoms with Gasteiger partial charge in [-0.3, -0.25) is 4.99 Å². The number of nitrogens with zero attached hydrogens (tertiary/aromatic N) is 1. The number of hydrogen-bond donors (Lipinski definition) is 0. The largest absolute Gasteiger partial charge is 0.291 e. The molecule has 11 heavy (non-hydrogen) atoms. The molecule has 1 heterocycles. The molecule has 0 aromatic heterocycles. The Kier molecular flexibility index (Phi) is 3.10. The highest BCUT2D eigenvalue weighted by atomic mass is 14.8. The summed E-state index contributed by atoms with van der Waals surface area (Å²) in [4.78, 5) is 4.64. The van der Waals surface area contributed by atoms with Gasteiger partial charge in [-0.05, 0) is 38.5 Å². The highest BCUT2D eigenvalue weighted by molar-refractivity contribution is 5.82. The Morgan fingerprint density at radius 2 is 2.27 bits per heavy atom. The van der Waals surface area contributed by atoms with Crippen LogP contribution in [0.4, 0.5) is 0 Å². The molecule has 0 N–H and O–H groups in total. The Bertz CT molecular complexity index is 147. The van der Waals surface area contributed by atoms with E-state index in [1.165, 1.54) is 31.4 Å². The average Bonchev–Trinajstić information content (AvgIpc) is 1.85. The van der Waals surface area contributed by atoms with Gasteiger partial charge in [0.25, 0.3) is 0 Å². The summed E-state index contributed by atoms with van der Waals surface area (Å²) >= 11 is 0. The van der Waals surface area contributed by atoms with Gasteiger partial charge in [-0.25, -0.2) is 0 Å². The van der Waals surface area contributed by atoms with E-state index in [-0.39, 0.29) is 0 Å². The van der Waals surface area contributed by atoms with Gasteiger partial charge in [-0.2, -0.15) is 0 Å². The van der Waals surface area contributed by atoms with Gasteiger partial charge in [-0.1, -0.05) is 13.8 Å². The van der Waals surface area contributed by atoms with Crippen molar-refractivity contribution in [1.29, 1.82) is 0 Å². The summed E-state index contributed by atoms with van der Waals surface area (Å²) in [5.74, 6) is 0.801. The maximum absolute atomic E-state index is 4.64. The zero-order valence-corrected chi connectivity index (χ0v) is 7.93. The van der Waals surface area contributed by atoms with Crippen LogP contribution >= 0.6 is 0 Å². The summed E-state index contributed by atoms with van der Waals surface area (Å²) in [6, 6.07) is 0.642. The minimum Gasteiger partial charge on any atom is -0.291 e. The molecule has 0 bridgehead atoms. The predicted octanol–water partition coefficient (Wildman–Crippen LogP) is 3.05. The molecule has 0 aromatic rings. The smallest absolute Gasteiger partial charge is 0.0501 e. The van der Waals surface area contributed by atoms with Crippen LogP contribution in [0.2, 0.25) is 0 Å². The molecule has 1 heteroatoms. The SMILES string of the molecule is CC1=NC(CC(C)C)CCC1. The molecule has 0 saturated carbocycles. The van der Waals surface area contributed by atoms with E-state index in [9.17, 15) is 0 Å². The van der Waals surface area contributed by atoms with Crippen molar-refractivity contribution in [1.82, 2.24) is 0 Å². The second-order valence-corrected chi connectivity index (χ2v) is 4.04. The Hall–Kier alpha value is -0.330. The van der Waals surface area contributed by atoms with Gasteiger partial charge in [0.15, 0.2) is 0 Å². The Morgan fingerprint density at radius 3 is 2.82 bits per heavy atom. The standard InChI is InChI=1S/C10H19N/c1-8(2)7-10-6-4-5-9(3)11-10/h8,10H,4-7H2,1-3H3. The van der Waals surface area contributed by atoms with Crippen LogP contribution in [-0.4, -0.2) is 11.8 Å². The molecule has 1 rings (SSSR count). The van der Waals surface area contributed by atoms with E-state index in [0.29, 0.717) is 6.04 Å². The van der Waals surface area contributed by atoms with Gasteiger partial charge >= 0.3 is 0 Å². The van der Waals surface area contributed by atoms with Crippen molar-refractivity contribution in [2.45, 2.75) is 52.5 Å². The van der Waals surface area contributed by atoms with Gasteiger partial charge < -0.3 is 0 Å². The number of aliphatic imine (C=N–C) groups is 1. The molecular weight excluding hydrogens is 134 g/mol. The van der Waals surface area contributed by atoms with Gasteiger partial charge in [0.2, 0.25) is 0 Å². The third-order valence-electron chi connectivity index (χ3n) is 2.22. The van der Waals surface area contributed by atoms with E-state index in [1.807, 2.05) is 0 Å². The average molecular weight is 153 g/mol. The summed E-state index contributed by atoms with van der Waals surface area (Å²) in [5.41, 5.74) is 1.36. The molecule has 0 fully saturated rings. The molecule has 1 atom stereocenters. The van der Waals surface area contributed by atoms with Crippen molar-refractivity contribution in [2.24, 2.45) is 10.9 Å². The molecule has 0 aliphatic carbocycles. The number of rotatable bonds is 2. The first-order chi connectivity index (χ1) is 5.18. The zero-order valence-electron chi connectivity index (χ0n) is 7.93. The van der Waals surface area contributed by atoms with E-state index in [2.05, 4.69) is 25.8 Å². The minimum atomic E-state index is 0.642. The summed E-state index contributed by atoms with van der Waals surface area (Å²) in [7, 11) is 0. The third-order valence-corrected chi connectivity index (χ3v) is 2.22. The molecule has 0 spiro atoms. The minimum absolute atomic E-state index is 0.642. The van der Waals surface area contributed by atoms with Crippen LogP contribution in [0, 0.1) is 5.92 Å². The maximum Gasteiger partial charge on any atom is 0.0501 e. The summed E-state index contributed by atoms with van der Waals surface area (Å²) in [6.07, 6.45) is 5.17. The zero-order chi connectivity index (χ0) is 8.27. The maximum atomic E-state index is 4.64. The fraction of sp³-hybridized carbons (Fsp3) is 0.900. The van der Waals surface area contributed by atoms with Gasteiger partial charge in [0.05, 0.1) is 6.04 Å². The summed E-state index contributed by atoms with van der Waals surface area (Å²) in [6.45, 7) is 6.71. The molecular formula is C10H19N. The van der Waals surface area contributed by atoms with E-state index < -0.39 is 0 Å². The summed E-state index contributed by atoms with van der Waals surface area (Å²) < 4.78 is 0. The first-order valence-electron chi connectivity index (χ1n) is 4.71. The molecule has 0 saturated heterocycles. The Labute approximate surface area is 69.9 Å². The third kappa shape index (κ3) is 3.04. The normalized spacial score (nSPS) is 25.5. The molecule has 1 aliphatic heterocycles. The van der Waals surface area contributed by atoms with Crippen molar-refractivity contribution in [3.8, 4) is 0 Å². The Balaban J connectivity index is 2.39. The fourth-order valence-corrected chi connectivity index (χ4v) is 1.75. The second kappa shape index (κ2) is 3.89. The lowest BCUT2D eigenvalue weighted by Gasteiger charge is -2.20. The van der Waals surface area contributed by atoms with E-state index in [0.717, 1.165) is 5.92 Å². The molecule has 0 amide bonds. The van der Waals surface area contributed by atoms with Gasteiger partial charge in [-0.15, -0.1) is 0 Å². The van der Waals surface area contributed by atoms with Crippen molar-refractivity contribution < 1.29 is 0 Å². The lowest BCUT2D eigenvalue weighted by atomic mass is 9.96. The van der Waals surface area contributed by atoms with Crippen LogP contribution in [0.1, 0.15) is 46.5 Å². The van der Waals surface area contributed by atoms with Crippen LogP contribution < -0.4 is 0 Å². The quantitative estimate of drug-likeness (QED) is 0.578. The lowest BCUT2D eigenvalue weighted by Crippen LogP contribution is -2.15. The fourth-order valence-electron chi connectivity index (χ4n) is 1.75. The first-order valence-corrected chi connectivity index (χ1v) is 4.71. The monoisotopic (exact) mass is 153 g/mol. The highest BCUT2D eigenvalue weighted by Crippen LogP contribution is 2.19. The van der Waals surface area contributed by atoms with Crippen LogP contribution in [0.5, 0.6) is 0 Å². The van der Waals surface area contributed by atoms with E-state index in [4.69, 9.17) is 0 Å². The van der Waals surface area contributed by atoms with Crippen LogP contribution in [0.15, 0.2) is 4.99 Å². The number of hydrogen-bond acceptors (Lipinski definition) is 1.